The number of hydrogen-bond donors (Lipinski definition) is 1. The van der Waals surface area contributed by atoms with Crippen LogP contribution in [-0.2, 0) is 6.42 Å². The Bertz CT molecular complexity index is 362. The number of halogens is 1. The molecule has 2 rings (SSSR count). The van der Waals surface area contributed by atoms with Gasteiger partial charge >= 0.3 is 0 Å². The molecular weight excluding hydrogens is 242 g/mol. The normalized spacial score (nSPS) is 19.3. The van der Waals surface area contributed by atoms with Gasteiger partial charge in [0.2, 0.25) is 0 Å². The van der Waals surface area contributed by atoms with E-state index >= 15 is 0 Å². The molecule has 1 aromatic carbocycles. The van der Waals surface area contributed by atoms with Gasteiger partial charge in [-0.2, -0.15) is 0 Å². The molecule has 0 aliphatic heterocycles. The molecule has 0 bridgehead atoms. The molecule has 0 aromatic heterocycles. The Morgan fingerprint density at radius 3 is 2.44 bits per heavy atom. The highest BCUT2D eigenvalue weighted by Gasteiger charge is 2.34. The van der Waals surface area contributed by atoms with Gasteiger partial charge in [-0.25, -0.2) is 0 Å². The maximum absolute atomic E-state index is 5.90. The lowest BCUT2D eigenvalue weighted by atomic mass is 9.67. The molecule has 0 heterocycles. The molecule has 1 unspecified atom stereocenters. The summed E-state index contributed by atoms with van der Waals surface area (Å²) in [6.07, 6.45) is 6.63. The van der Waals surface area contributed by atoms with E-state index in [1.807, 2.05) is 12.1 Å². The van der Waals surface area contributed by atoms with Crippen LogP contribution in [0.4, 0.5) is 0 Å². The van der Waals surface area contributed by atoms with Crippen molar-refractivity contribution in [2.24, 2.45) is 5.41 Å². The molecule has 0 radical (unpaired) electrons. The first kappa shape index (κ1) is 13.9. The SMILES string of the molecule is CCC1(CNC(C)Cc2ccc(Cl)cc2)CCC1. The summed E-state index contributed by atoms with van der Waals surface area (Å²) < 4.78 is 0. The minimum Gasteiger partial charge on any atom is -0.313 e. The van der Waals surface area contributed by atoms with Crippen LogP contribution in [0.1, 0.15) is 45.1 Å². The molecule has 2 heteroatoms. The fourth-order valence-electron chi connectivity index (χ4n) is 2.77. The van der Waals surface area contributed by atoms with Crippen LogP contribution < -0.4 is 5.32 Å². The van der Waals surface area contributed by atoms with E-state index in [1.54, 1.807) is 0 Å². The zero-order chi connectivity index (χ0) is 13.0. The van der Waals surface area contributed by atoms with Gasteiger partial charge in [-0.1, -0.05) is 37.1 Å². The lowest BCUT2D eigenvalue weighted by Gasteiger charge is -2.42. The Hall–Kier alpha value is -0.530. The van der Waals surface area contributed by atoms with E-state index < -0.39 is 0 Å². The van der Waals surface area contributed by atoms with Crippen LogP contribution >= 0.6 is 11.6 Å². The Morgan fingerprint density at radius 2 is 1.94 bits per heavy atom. The summed E-state index contributed by atoms with van der Waals surface area (Å²) in [5, 5.41) is 4.52. The monoisotopic (exact) mass is 265 g/mol. The molecule has 1 aliphatic carbocycles. The minimum atomic E-state index is 0.537. The quantitative estimate of drug-likeness (QED) is 0.802. The Labute approximate surface area is 116 Å². The van der Waals surface area contributed by atoms with E-state index in [-0.39, 0.29) is 0 Å². The summed E-state index contributed by atoms with van der Waals surface area (Å²) in [5.41, 5.74) is 1.97. The molecule has 0 spiro atoms. The zero-order valence-corrected chi connectivity index (χ0v) is 12.3. The van der Waals surface area contributed by atoms with E-state index in [2.05, 4.69) is 31.3 Å². The largest absolute Gasteiger partial charge is 0.313 e. The lowest BCUT2D eigenvalue weighted by molar-refractivity contribution is 0.120. The highest BCUT2D eigenvalue weighted by atomic mass is 35.5. The van der Waals surface area contributed by atoms with Crippen LogP contribution in [0.15, 0.2) is 24.3 Å². The smallest absolute Gasteiger partial charge is 0.0406 e. The molecule has 18 heavy (non-hydrogen) atoms. The van der Waals surface area contributed by atoms with Crippen molar-refractivity contribution in [2.45, 2.75) is 52.0 Å². The van der Waals surface area contributed by atoms with Crippen molar-refractivity contribution in [1.29, 1.82) is 0 Å². The van der Waals surface area contributed by atoms with Gasteiger partial charge < -0.3 is 5.32 Å². The molecule has 1 fully saturated rings. The first-order valence-electron chi connectivity index (χ1n) is 7.11. The molecule has 0 amide bonds. The van der Waals surface area contributed by atoms with Gasteiger partial charge in [0.1, 0.15) is 0 Å². The number of rotatable bonds is 6. The van der Waals surface area contributed by atoms with Crippen LogP contribution in [0.25, 0.3) is 0 Å². The van der Waals surface area contributed by atoms with Crippen LogP contribution in [0.5, 0.6) is 0 Å². The van der Waals surface area contributed by atoms with Crippen LogP contribution in [0, 0.1) is 5.41 Å². The first-order valence-corrected chi connectivity index (χ1v) is 7.49. The number of hydrogen-bond acceptors (Lipinski definition) is 1. The summed E-state index contributed by atoms with van der Waals surface area (Å²) >= 11 is 5.90. The van der Waals surface area contributed by atoms with Crippen molar-refractivity contribution in [3.05, 3.63) is 34.9 Å². The van der Waals surface area contributed by atoms with E-state index in [1.165, 1.54) is 37.8 Å². The average molecular weight is 266 g/mol. The van der Waals surface area contributed by atoms with Crippen molar-refractivity contribution in [1.82, 2.24) is 5.32 Å². The van der Waals surface area contributed by atoms with Crippen LogP contribution in [0.3, 0.4) is 0 Å². The third-order valence-corrected chi connectivity index (χ3v) is 4.70. The summed E-state index contributed by atoms with van der Waals surface area (Å²) in [6.45, 7) is 5.78. The van der Waals surface area contributed by atoms with E-state index in [0.717, 1.165) is 11.4 Å². The summed E-state index contributed by atoms with van der Waals surface area (Å²) in [7, 11) is 0. The molecule has 100 valence electrons. The van der Waals surface area contributed by atoms with Crippen molar-refractivity contribution in [3.63, 3.8) is 0 Å². The molecule has 1 N–H and O–H groups in total. The molecule has 1 aromatic rings. The number of nitrogens with one attached hydrogen (secondary N) is 1. The molecule has 1 atom stereocenters. The Kier molecular flexibility index (Phi) is 4.69. The van der Waals surface area contributed by atoms with Gasteiger partial charge in [0.25, 0.3) is 0 Å². The molecule has 1 saturated carbocycles. The second kappa shape index (κ2) is 6.08. The fourth-order valence-corrected chi connectivity index (χ4v) is 2.90. The maximum atomic E-state index is 5.90. The predicted molar refractivity (Wildman–Crippen MR) is 79.2 cm³/mol. The van der Waals surface area contributed by atoms with Crippen molar-refractivity contribution in [3.8, 4) is 0 Å². The Morgan fingerprint density at radius 1 is 1.28 bits per heavy atom. The highest BCUT2D eigenvalue weighted by Crippen LogP contribution is 2.43. The third kappa shape index (κ3) is 3.49. The minimum absolute atomic E-state index is 0.537. The van der Waals surface area contributed by atoms with Gasteiger partial charge in [-0.3, -0.25) is 0 Å². The maximum Gasteiger partial charge on any atom is 0.0406 e. The van der Waals surface area contributed by atoms with E-state index in [9.17, 15) is 0 Å². The molecule has 0 saturated heterocycles. The average Bonchev–Trinajstić information content (AvgIpc) is 2.31. The topological polar surface area (TPSA) is 12.0 Å². The van der Waals surface area contributed by atoms with Gasteiger partial charge in [-0.15, -0.1) is 0 Å². The van der Waals surface area contributed by atoms with Crippen molar-refractivity contribution >= 4 is 11.6 Å². The van der Waals surface area contributed by atoms with Crippen molar-refractivity contribution < 1.29 is 0 Å². The summed E-state index contributed by atoms with van der Waals surface area (Å²) in [5.74, 6) is 0. The van der Waals surface area contributed by atoms with E-state index in [0.29, 0.717) is 11.5 Å². The second-order valence-corrected chi connectivity index (χ2v) is 6.26. The van der Waals surface area contributed by atoms with Gasteiger partial charge in [0, 0.05) is 17.6 Å². The molecular formula is C16H24ClN. The third-order valence-electron chi connectivity index (χ3n) is 4.44. The first-order chi connectivity index (χ1) is 8.63. The van der Waals surface area contributed by atoms with E-state index in [4.69, 9.17) is 11.6 Å². The van der Waals surface area contributed by atoms with Gasteiger partial charge in [0.05, 0.1) is 0 Å². The zero-order valence-electron chi connectivity index (χ0n) is 11.5. The second-order valence-electron chi connectivity index (χ2n) is 5.82. The van der Waals surface area contributed by atoms with Gasteiger partial charge in [-0.05, 0) is 55.7 Å². The fraction of sp³-hybridized carbons (Fsp3) is 0.625. The van der Waals surface area contributed by atoms with Gasteiger partial charge in [0.15, 0.2) is 0 Å². The van der Waals surface area contributed by atoms with Crippen LogP contribution in [0.2, 0.25) is 5.02 Å². The molecule has 1 nitrogen and oxygen atoms in total. The summed E-state index contributed by atoms with van der Waals surface area (Å²) in [4.78, 5) is 0. The Balaban J connectivity index is 1.78. The predicted octanol–water partition coefficient (Wildman–Crippen LogP) is 4.44. The van der Waals surface area contributed by atoms with Crippen molar-refractivity contribution in [2.75, 3.05) is 6.54 Å². The van der Waals surface area contributed by atoms with Crippen LogP contribution in [-0.4, -0.2) is 12.6 Å². The number of benzene rings is 1. The standard InChI is InChI=1S/C16H24ClN/c1-3-16(9-4-10-16)12-18-13(2)11-14-5-7-15(17)8-6-14/h5-8,13,18H,3-4,9-12H2,1-2H3. The summed E-state index contributed by atoms with van der Waals surface area (Å²) in [6, 6.07) is 8.74. The molecule has 1 aliphatic rings. The highest BCUT2D eigenvalue weighted by molar-refractivity contribution is 6.30. The lowest BCUT2D eigenvalue weighted by Crippen LogP contribution is -2.43.